The van der Waals surface area contributed by atoms with Gasteiger partial charge in [0.05, 0.1) is 10.2 Å². The molecule has 2 aromatic rings. The molecule has 1 aromatic heterocycles. The Morgan fingerprint density at radius 2 is 2.11 bits per heavy atom. The number of aromatic nitrogens is 1. The summed E-state index contributed by atoms with van der Waals surface area (Å²) in [6, 6.07) is 8.79. The van der Waals surface area contributed by atoms with Gasteiger partial charge in [-0.05, 0) is 42.8 Å². The van der Waals surface area contributed by atoms with E-state index in [1.54, 1.807) is 23.3 Å². The van der Waals surface area contributed by atoms with Gasteiger partial charge in [0, 0.05) is 6.04 Å². The number of hydrogen-bond acceptors (Lipinski definition) is 4. The standard InChI is InChI=1S/C15H22N2S2/c1-5-15(3,4)10-11(2)17-19-14-16-12-8-6-7-9-13(12)18-14/h6-9,11,17H,5,10H2,1-4H3. The van der Waals surface area contributed by atoms with Gasteiger partial charge in [0.25, 0.3) is 0 Å². The van der Waals surface area contributed by atoms with Crippen LogP contribution in [0, 0.1) is 5.41 Å². The van der Waals surface area contributed by atoms with Gasteiger partial charge in [-0.15, -0.1) is 11.3 Å². The zero-order valence-corrected chi connectivity index (χ0v) is 13.7. The van der Waals surface area contributed by atoms with Crippen LogP contribution in [0.25, 0.3) is 10.2 Å². The minimum Gasteiger partial charge on any atom is -0.255 e. The maximum absolute atomic E-state index is 4.62. The van der Waals surface area contributed by atoms with Crippen LogP contribution in [0.1, 0.15) is 40.5 Å². The molecule has 104 valence electrons. The molecule has 19 heavy (non-hydrogen) atoms. The van der Waals surface area contributed by atoms with Gasteiger partial charge in [-0.1, -0.05) is 39.3 Å². The van der Waals surface area contributed by atoms with Crippen molar-refractivity contribution < 1.29 is 0 Å². The van der Waals surface area contributed by atoms with Crippen molar-refractivity contribution in [1.82, 2.24) is 9.71 Å². The molecule has 0 fully saturated rings. The SMILES string of the molecule is CCC(C)(C)CC(C)NSc1nc2ccccc2s1. The molecular formula is C15H22N2S2. The van der Waals surface area contributed by atoms with Crippen LogP contribution in [0.15, 0.2) is 28.6 Å². The molecule has 4 heteroatoms. The maximum atomic E-state index is 4.62. The number of nitrogens with zero attached hydrogens (tertiary/aromatic N) is 1. The van der Waals surface area contributed by atoms with Crippen molar-refractivity contribution in [2.45, 2.75) is 50.9 Å². The molecule has 0 aliphatic carbocycles. The summed E-state index contributed by atoms with van der Waals surface area (Å²) in [6.45, 7) is 9.16. The summed E-state index contributed by atoms with van der Waals surface area (Å²) in [7, 11) is 0. The molecule has 1 atom stereocenters. The first-order valence-corrected chi connectivity index (χ1v) is 8.41. The van der Waals surface area contributed by atoms with Gasteiger partial charge in [0.1, 0.15) is 0 Å². The Balaban J connectivity index is 1.91. The Hall–Kier alpha value is -0.580. The van der Waals surface area contributed by atoms with E-state index in [-0.39, 0.29) is 0 Å². The summed E-state index contributed by atoms with van der Waals surface area (Å²) in [5.41, 5.74) is 1.50. The summed E-state index contributed by atoms with van der Waals surface area (Å²) in [6.07, 6.45) is 2.40. The molecular weight excluding hydrogens is 272 g/mol. The molecule has 1 heterocycles. The van der Waals surface area contributed by atoms with Crippen molar-refractivity contribution in [2.75, 3.05) is 0 Å². The molecule has 0 saturated carbocycles. The summed E-state index contributed by atoms with van der Waals surface area (Å²) in [5, 5.41) is 0. The average molecular weight is 294 g/mol. The number of benzene rings is 1. The fourth-order valence-corrected chi connectivity index (χ4v) is 3.87. The van der Waals surface area contributed by atoms with Gasteiger partial charge < -0.3 is 0 Å². The third-order valence-electron chi connectivity index (χ3n) is 3.44. The van der Waals surface area contributed by atoms with Crippen molar-refractivity contribution in [2.24, 2.45) is 5.41 Å². The van der Waals surface area contributed by atoms with Gasteiger partial charge in [-0.2, -0.15) is 0 Å². The summed E-state index contributed by atoms with van der Waals surface area (Å²) >= 11 is 3.42. The predicted octanol–water partition coefficient (Wildman–Crippen LogP) is 5.11. The minimum atomic E-state index is 0.403. The van der Waals surface area contributed by atoms with Crippen molar-refractivity contribution in [3.05, 3.63) is 24.3 Å². The summed E-state index contributed by atoms with van der Waals surface area (Å²) < 4.78 is 5.87. The normalized spacial score (nSPS) is 13.9. The van der Waals surface area contributed by atoms with Crippen LogP contribution < -0.4 is 4.72 Å². The molecule has 0 saturated heterocycles. The zero-order valence-electron chi connectivity index (χ0n) is 12.1. The Bertz CT molecular complexity index is 501. The Kier molecular flexibility index (Phi) is 4.87. The van der Waals surface area contributed by atoms with Crippen molar-refractivity contribution in [3.63, 3.8) is 0 Å². The highest BCUT2D eigenvalue weighted by atomic mass is 32.2. The Morgan fingerprint density at radius 3 is 2.79 bits per heavy atom. The van der Waals surface area contributed by atoms with Crippen LogP contribution in [0.2, 0.25) is 0 Å². The topological polar surface area (TPSA) is 24.9 Å². The second-order valence-electron chi connectivity index (χ2n) is 5.79. The van der Waals surface area contributed by atoms with E-state index in [1.165, 1.54) is 17.5 Å². The van der Waals surface area contributed by atoms with Gasteiger partial charge in [0.2, 0.25) is 0 Å². The highest BCUT2D eigenvalue weighted by Gasteiger charge is 2.19. The molecule has 1 N–H and O–H groups in total. The lowest BCUT2D eigenvalue weighted by Crippen LogP contribution is -2.26. The number of rotatable bonds is 6. The average Bonchev–Trinajstić information content (AvgIpc) is 2.78. The molecule has 0 amide bonds. The third kappa shape index (κ3) is 4.20. The first-order valence-electron chi connectivity index (χ1n) is 6.78. The molecule has 2 rings (SSSR count). The minimum absolute atomic E-state index is 0.403. The number of fused-ring (bicyclic) bond motifs is 1. The van der Waals surface area contributed by atoms with Crippen LogP contribution in [0.4, 0.5) is 0 Å². The van der Waals surface area contributed by atoms with E-state index in [9.17, 15) is 0 Å². The highest BCUT2D eigenvalue weighted by molar-refractivity contribution is 7.99. The number of para-hydroxylation sites is 1. The quantitative estimate of drug-likeness (QED) is 0.750. The number of thiazole rings is 1. The van der Waals surface area contributed by atoms with Gasteiger partial charge in [0.15, 0.2) is 4.34 Å². The lowest BCUT2D eigenvalue weighted by Gasteiger charge is -2.26. The molecule has 0 bridgehead atoms. The maximum Gasteiger partial charge on any atom is 0.166 e. The molecule has 0 aliphatic rings. The van der Waals surface area contributed by atoms with E-state index in [0.717, 1.165) is 9.86 Å². The van der Waals surface area contributed by atoms with Crippen molar-refractivity contribution in [3.8, 4) is 0 Å². The van der Waals surface area contributed by atoms with E-state index in [1.807, 2.05) is 6.07 Å². The monoisotopic (exact) mass is 294 g/mol. The van der Waals surface area contributed by atoms with E-state index in [4.69, 9.17) is 0 Å². The van der Waals surface area contributed by atoms with Crippen molar-refractivity contribution >= 4 is 33.5 Å². The molecule has 2 nitrogen and oxygen atoms in total. The van der Waals surface area contributed by atoms with Gasteiger partial charge in [-0.3, -0.25) is 4.72 Å². The lowest BCUT2D eigenvalue weighted by atomic mass is 9.84. The largest absolute Gasteiger partial charge is 0.255 e. The van der Waals surface area contributed by atoms with E-state index >= 15 is 0 Å². The van der Waals surface area contributed by atoms with Gasteiger partial charge >= 0.3 is 0 Å². The molecule has 1 unspecified atom stereocenters. The highest BCUT2D eigenvalue weighted by Crippen LogP contribution is 2.30. The van der Waals surface area contributed by atoms with Crippen LogP contribution in [-0.4, -0.2) is 11.0 Å². The third-order valence-corrected chi connectivity index (χ3v) is 5.55. The second-order valence-corrected chi connectivity index (χ2v) is 7.91. The van der Waals surface area contributed by atoms with E-state index < -0.39 is 0 Å². The first kappa shape index (κ1) is 14.8. The van der Waals surface area contributed by atoms with Crippen LogP contribution in [0.3, 0.4) is 0 Å². The number of nitrogens with one attached hydrogen (secondary N) is 1. The molecule has 0 aliphatic heterocycles. The number of hydrogen-bond donors (Lipinski definition) is 1. The zero-order chi connectivity index (χ0) is 13.9. The first-order chi connectivity index (χ1) is 9.00. The second kappa shape index (κ2) is 6.25. The fourth-order valence-electron chi connectivity index (χ4n) is 2.06. The lowest BCUT2D eigenvalue weighted by molar-refractivity contribution is 0.294. The van der Waals surface area contributed by atoms with Crippen LogP contribution in [0.5, 0.6) is 0 Å². The Morgan fingerprint density at radius 1 is 1.37 bits per heavy atom. The predicted molar refractivity (Wildman–Crippen MR) is 86.8 cm³/mol. The van der Waals surface area contributed by atoms with Crippen molar-refractivity contribution in [1.29, 1.82) is 0 Å². The fraction of sp³-hybridized carbons (Fsp3) is 0.533. The molecule has 0 radical (unpaired) electrons. The summed E-state index contributed by atoms with van der Waals surface area (Å²) in [5.74, 6) is 0. The summed E-state index contributed by atoms with van der Waals surface area (Å²) in [4.78, 5) is 4.62. The smallest absolute Gasteiger partial charge is 0.166 e. The van der Waals surface area contributed by atoms with E-state index in [2.05, 4.69) is 55.6 Å². The Labute approximate surface area is 124 Å². The van der Waals surface area contributed by atoms with Gasteiger partial charge in [-0.25, -0.2) is 4.98 Å². The molecule has 1 aromatic carbocycles. The molecule has 0 spiro atoms. The van der Waals surface area contributed by atoms with Crippen LogP contribution >= 0.6 is 23.3 Å². The van der Waals surface area contributed by atoms with Crippen LogP contribution in [-0.2, 0) is 0 Å². The van der Waals surface area contributed by atoms with E-state index in [0.29, 0.717) is 11.5 Å².